The van der Waals surface area contributed by atoms with Crippen LogP contribution in [0.2, 0.25) is 0 Å². The molecule has 1 aromatic carbocycles. The van der Waals surface area contributed by atoms with Gasteiger partial charge in [-0.2, -0.15) is 0 Å². The van der Waals surface area contributed by atoms with Gasteiger partial charge in [0.25, 0.3) is 0 Å². The maximum absolute atomic E-state index is 9.54. The quantitative estimate of drug-likeness (QED) is 0.900. The molecule has 1 aromatic heterocycles. The van der Waals surface area contributed by atoms with Crippen molar-refractivity contribution in [3.05, 3.63) is 58.7 Å². The zero-order chi connectivity index (χ0) is 13.1. The van der Waals surface area contributed by atoms with Crippen molar-refractivity contribution in [2.24, 2.45) is 0 Å². The first kappa shape index (κ1) is 12.7. The van der Waals surface area contributed by atoms with Crippen LogP contribution >= 0.6 is 0 Å². The van der Waals surface area contributed by atoms with Crippen molar-refractivity contribution >= 4 is 0 Å². The summed E-state index contributed by atoms with van der Waals surface area (Å²) in [5.74, 6) is 0.794. The van der Waals surface area contributed by atoms with E-state index in [9.17, 15) is 5.11 Å². The van der Waals surface area contributed by atoms with Crippen LogP contribution in [0, 0.1) is 13.8 Å². The van der Waals surface area contributed by atoms with E-state index in [1.165, 1.54) is 11.1 Å². The lowest BCUT2D eigenvalue weighted by Crippen LogP contribution is -2.04. The van der Waals surface area contributed by atoms with Crippen LogP contribution in [0.4, 0.5) is 0 Å². The number of rotatable bonds is 3. The molecule has 94 valence electrons. The number of hydrogen-bond acceptors (Lipinski definition) is 3. The summed E-state index contributed by atoms with van der Waals surface area (Å²) in [5, 5.41) is 9.54. The molecular formula is C15H18N2O. The second-order valence-electron chi connectivity index (χ2n) is 4.67. The highest BCUT2D eigenvalue weighted by atomic mass is 16.3. The first-order valence-electron chi connectivity index (χ1n) is 6.12. The highest BCUT2D eigenvalue weighted by Gasteiger charge is 2.08. The highest BCUT2D eigenvalue weighted by molar-refractivity contribution is 5.26. The highest BCUT2D eigenvalue weighted by Crippen LogP contribution is 2.15. The number of nitrogens with zero attached hydrogens (tertiary/aromatic N) is 2. The van der Waals surface area contributed by atoms with Crippen molar-refractivity contribution < 1.29 is 5.11 Å². The van der Waals surface area contributed by atoms with E-state index in [1.807, 2.05) is 13.0 Å². The zero-order valence-electron chi connectivity index (χ0n) is 11.0. The summed E-state index contributed by atoms with van der Waals surface area (Å²) in [5.41, 5.74) is 4.09. The Morgan fingerprint density at radius 1 is 1.28 bits per heavy atom. The lowest BCUT2D eigenvalue weighted by atomic mass is 10.1. The maximum atomic E-state index is 9.54. The predicted octanol–water partition coefficient (Wildman–Crippen LogP) is 2.74. The Kier molecular flexibility index (Phi) is 3.72. The van der Waals surface area contributed by atoms with Crippen LogP contribution in [0.5, 0.6) is 0 Å². The lowest BCUT2D eigenvalue weighted by molar-refractivity contribution is 0.197. The molecule has 0 saturated heterocycles. The molecular weight excluding hydrogens is 224 g/mol. The third-order valence-corrected chi connectivity index (χ3v) is 2.96. The first-order chi connectivity index (χ1) is 8.56. The third-order valence-electron chi connectivity index (χ3n) is 2.96. The number of aryl methyl sites for hydroxylation is 2. The summed E-state index contributed by atoms with van der Waals surface area (Å²) >= 11 is 0. The monoisotopic (exact) mass is 242 g/mol. The van der Waals surface area contributed by atoms with Crippen molar-refractivity contribution in [3.63, 3.8) is 0 Å². The topological polar surface area (TPSA) is 46.0 Å². The molecule has 0 spiro atoms. The average Bonchev–Trinajstić information content (AvgIpc) is 2.28. The summed E-state index contributed by atoms with van der Waals surface area (Å²) in [7, 11) is 0. The van der Waals surface area contributed by atoms with Crippen molar-refractivity contribution in [2.75, 3.05) is 0 Å². The van der Waals surface area contributed by atoms with Gasteiger partial charge in [0, 0.05) is 23.9 Å². The second kappa shape index (κ2) is 5.27. The normalized spacial score (nSPS) is 12.4. The van der Waals surface area contributed by atoms with Crippen LogP contribution < -0.4 is 0 Å². The van der Waals surface area contributed by atoms with Gasteiger partial charge in [-0.1, -0.05) is 29.8 Å². The molecule has 0 unspecified atom stereocenters. The first-order valence-corrected chi connectivity index (χ1v) is 6.12. The standard InChI is InChI=1S/C15H18N2O/c1-10-5-4-6-13(7-10)8-15-16-9-14(12(3)18)11(2)17-15/h4-7,9,12,18H,8H2,1-3H3/t12-/m1/s1. The number of benzene rings is 1. The van der Waals surface area contributed by atoms with Crippen LogP contribution in [-0.2, 0) is 6.42 Å². The Morgan fingerprint density at radius 2 is 2.06 bits per heavy atom. The molecule has 0 radical (unpaired) electrons. The van der Waals surface area contributed by atoms with Crippen molar-refractivity contribution in [1.82, 2.24) is 9.97 Å². The summed E-state index contributed by atoms with van der Waals surface area (Å²) in [4.78, 5) is 8.76. The fourth-order valence-electron chi connectivity index (χ4n) is 2.02. The van der Waals surface area contributed by atoms with Crippen LogP contribution in [-0.4, -0.2) is 15.1 Å². The minimum Gasteiger partial charge on any atom is -0.389 e. The summed E-state index contributed by atoms with van der Waals surface area (Å²) < 4.78 is 0. The van der Waals surface area contributed by atoms with Crippen molar-refractivity contribution in [2.45, 2.75) is 33.3 Å². The molecule has 0 fully saturated rings. The molecule has 1 N–H and O–H groups in total. The van der Waals surface area contributed by atoms with Crippen LogP contribution in [0.1, 0.15) is 41.2 Å². The Bertz CT molecular complexity index is 550. The number of aliphatic hydroxyl groups excluding tert-OH is 1. The van der Waals surface area contributed by atoms with Gasteiger partial charge >= 0.3 is 0 Å². The van der Waals surface area contributed by atoms with E-state index >= 15 is 0 Å². The van der Waals surface area contributed by atoms with Crippen LogP contribution in [0.3, 0.4) is 0 Å². The Hall–Kier alpha value is -1.74. The van der Waals surface area contributed by atoms with Crippen molar-refractivity contribution in [1.29, 1.82) is 0 Å². The van der Waals surface area contributed by atoms with E-state index in [0.717, 1.165) is 23.5 Å². The Balaban J connectivity index is 2.23. The molecule has 1 heterocycles. The minimum atomic E-state index is -0.516. The number of aliphatic hydroxyl groups is 1. The van der Waals surface area contributed by atoms with Gasteiger partial charge in [0.2, 0.25) is 0 Å². The Labute approximate surface area is 108 Å². The molecule has 2 aromatic rings. The molecule has 0 aliphatic rings. The fraction of sp³-hybridized carbons (Fsp3) is 0.333. The molecule has 0 aliphatic heterocycles. The average molecular weight is 242 g/mol. The zero-order valence-corrected chi connectivity index (χ0v) is 11.0. The fourth-order valence-corrected chi connectivity index (χ4v) is 2.02. The van der Waals surface area contributed by atoms with Gasteiger partial charge in [0.05, 0.1) is 6.10 Å². The van der Waals surface area contributed by atoms with Crippen molar-refractivity contribution in [3.8, 4) is 0 Å². The molecule has 0 amide bonds. The van der Waals surface area contributed by atoms with Crippen LogP contribution in [0.25, 0.3) is 0 Å². The maximum Gasteiger partial charge on any atom is 0.132 e. The van der Waals surface area contributed by atoms with E-state index < -0.39 is 6.10 Å². The molecule has 0 aliphatic carbocycles. The molecule has 3 heteroatoms. The molecule has 2 rings (SSSR count). The molecule has 18 heavy (non-hydrogen) atoms. The van der Waals surface area contributed by atoms with Gasteiger partial charge in [-0.05, 0) is 26.3 Å². The summed E-state index contributed by atoms with van der Waals surface area (Å²) in [6.45, 7) is 5.71. The smallest absolute Gasteiger partial charge is 0.132 e. The minimum absolute atomic E-state index is 0.516. The van der Waals surface area contributed by atoms with E-state index in [0.29, 0.717) is 0 Å². The summed E-state index contributed by atoms with van der Waals surface area (Å²) in [6.07, 6.45) is 1.93. The van der Waals surface area contributed by atoms with Gasteiger partial charge in [-0.15, -0.1) is 0 Å². The van der Waals surface area contributed by atoms with Gasteiger partial charge in [-0.25, -0.2) is 9.97 Å². The molecule has 3 nitrogen and oxygen atoms in total. The van der Waals surface area contributed by atoms with Gasteiger partial charge in [0.1, 0.15) is 5.82 Å². The largest absolute Gasteiger partial charge is 0.389 e. The third kappa shape index (κ3) is 2.93. The molecule has 0 saturated carbocycles. The van der Waals surface area contributed by atoms with E-state index in [4.69, 9.17) is 0 Å². The lowest BCUT2D eigenvalue weighted by Gasteiger charge is -2.09. The van der Waals surface area contributed by atoms with E-state index in [-0.39, 0.29) is 0 Å². The number of hydrogen-bond donors (Lipinski definition) is 1. The van der Waals surface area contributed by atoms with E-state index in [2.05, 4.69) is 35.1 Å². The SMILES string of the molecule is Cc1cccc(Cc2ncc([C@@H](C)O)c(C)n2)c1. The summed E-state index contributed by atoms with van der Waals surface area (Å²) in [6, 6.07) is 8.34. The van der Waals surface area contributed by atoms with Gasteiger partial charge < -0.3 is 5.11 Å². The second-order valence-corrected chi connectivity index (χ2v) is 4.67. The van der Waals surface area contributed by atoms with E-state index in [1.54, 1.807) is 13.1 Å². The molecule has 0 bridgehead atoms. The Morgan fingerprint density at radius 3 is 2.67 bits per heavy atom. The molecule has 1 atom stereocenters. The number of aromatic nitrogens is 2. The van der Waals surface area contributed by atoms with Gasteiger partial charge in [0.15, 0.2) is 0 Å². The predicted molar refractivity (Wildman–Crippen MR) is 71.4 cm³/mol. The van der Waals surface area contributed by atoms with Crippen LogP contribution in [0.15, 0.2) is 30.5 Å². The van der Waals surface area contributed by atoms with Gasteiger partial charge in [-0.3, -0.25) is 0 Å².